The molecule has 3 nitrogen and oxygen atoms in total. The zero-order valence-corrected chi connectivity index (χ0v) is 12.9. The number of aryl methyl sites for hydroxylation is 1. The first-order valence-corrected chi connectivity index (χ1v) is 7.28. The van der Waals surface area contributed by atoms with Crippen molar-refractivity contribution in [3.8, 4) is 0 Å². The second kappa shape index (κ2) is 5.19. The summed E-state index contributed by atoms with van der Waals surface area (Å²) in [6, 6.07) is 3.96. The summed E-state index contributed by atoms with van der Waals surface area (Å²) in [5, 5.41) is 8.57. The predicted molar refractivity (Wildman–Crippen MR) is 76.8 cm³/mol. The Bertz CT molecular complexity index is 540. The first-order valence-electron chi connectivity index (χ1n) is 5.71. The molecule has 2 rings (SSSR count). The summed E-state index contributed by atoms with van der Waals surface area (Å²) in [6.07, 6.45) is 0.887. The summed E-state index contributed by atoms with van der Waals surface area (Å²) in [4.78, 5) is 1.24. The minimum Gasteiger partial charge on any atom is -0.301 e. The van der Waals surface area contributed by atoms with Crippen LogP contribution in [0, 0.1) is 0 Å². The van der Waals surface area contributed by atoms with Gasteiger partial charge in [0.15, 0.2) is 0 Å². The van der Waals surface area contributed by atoms with E-state index in [4.69, 9.17) is 23.2 Å². The second-order valence-electron chi connectivity index (χ2n) is 5.15. The lowest BCUT2D eigenvalue weighted by atomic mass is 9.96. The highest BCUT2D eigenvalue weighted by Crippen LogP contribution is 2.25. The number of halogens is 2. The van der Waals surface area contributed by atoms with Crippen molar-refractivity contribution >= 4 is 34.5 Å². The molecular formula is C12H15Cl2N3S. The molecule has 0 spiro atoms. The molecule has 0 amide bonds. The predicted octanol–water partition coefficient (Wildman–Crippen LogP) is 4.19. The number of aromatic nitrogens is 3. The van der Waals surface area contributed by atoms with Crippen molar-refractivity contribution in [3.05, 3.63) is 32.5 Å². The molecule has 0 N–H and O–H groups in total. The summed E-state index contributed by atoms with van der Waals surface area (Å²) < 4.78 is 2.78. The summed E-state index contributed by atoms with van der Waals surface area (Å²) in [5.41, 5.74) is -0.0623. The molecule has 98 valence electrons. The van der Waals surface area contributed by atoms with E-state index in [9.17, 15) is 0 Å². The van der Waals surface area contributed by atoms with Gasteiger partial charge in [-0.3, -0.25) is 0 Å². The van der Waals surface area contributed by atoms with Gasteiger partial charge in [-0.05, 0) is 30.2 Å². The van der Waals surface area contributed by atoms with Gasteiger partial charge in [-0.25, -0.2) is 0 Å². The average molecular weight is 304 g/mol. The average Bonchev–Trinajstić information content (AvgIpc) is 2.81. The van der Waals surface area contributed by atoms with Gasteiger partial charge in [0, 0.05) is 16.8 Å². The first-order chi connectivity index (χ1) is 8.38. The molecule has 0 aromatic carbocycles. The van der Waals surface area contributed by atoms with Crippen molar-refractivity contribution in [2.75, 3.05) is 0 Å². The van der Waals surface area contributed by atoms with E-state index >= 15 is 0 Å². The van der Waals surface area contributed by atoms with Crippen LogP contribution >= 0.6 is 34.5 Å². The molecule has 0 unspecified atom stereocenters. The Morgan fingerprint density at radius 2 is 1.94 bits per heavy atom. The Balaban J connectivity index is 2.16. The van der Waals surface area contributed by atoms with Gasteiger partial charge in [0.05, 0.1) is 4.34 Å². The summed E-state index contributed by atoms with van der Waals surface area (Å²) in [6.45, 7) is 7.08. The van der Waals surface area contributed by atoms with Crippen LogP contribution < -0.4 is 0 Å². The Kier molecular flexibility index (Phi) is 3.99. The topological polar surface area (TPSA) is 30.7 Å². The molecular weight excluding hydrogens is 289 g/mol. The molecule has 2 heterocycles. The largest absolute Gasteiger partial charge is 0.301 e. The maximum atomic E-state index is 6.09. The van der Waals surface area contributed by atoms with E-state index in [0.29, 0.717) is 5.28 Å². The number of hydrogen-bond donors (Lipinski definition) is 0. The van der Waals surface area contributed by atoms with Crippen molar-refractivity contribution in [2.24, 2.45) is 0 Å². The van der Waals surface area contributed by atoms with E-state index in [2.05, 4.69) is 31.0 Å². The molecule has 6 heteroatoms. The van der Waals surface area contributed by atoms with E-state index in [1.807, 2.05) is 16.7 Å². The number of hydrogen-bond acceptors (Lipinski definition) is 3. The molecule has 0 saturated carbocycles. The fourth-order valence-electron chi connectivity index (χ4n) is 1.75. The standard InChI is InChI=1S/C12H15Cl2N3S/c1-12(2,3)10-15-16-11(14)17(10)7-6-8-4-5-9(13)18-8/h4-5H,6-7H2,1-3H3. The lowest BCUT2D eigenvalue weighted by molar-refractivity contribution is 0.497. The van der Waals surface area contributed by atoms with E-state index in [1.165, 1.54) is 4.88 Å². The highest BCUT2D eigenvalue weighted by molar-refractivity contribution is 7.16. The van der Waals surface area contributed by atoms with E-state index in [-0.39, 0.29) is 5.41 Å². The van der Waals surface area contributed by atoms with E-state index in [0.717, 1.165) is 23.1 Å². The number of rotatable bonds is 3. The smallest absolute Gasteiger partial charge is 0.225 e. The molecule has 0 atom stereocenters. The second-order valence-corrected chi connectivity index (χ2v) is 7.29. The van der Waals surface area contributed by atoms with Crippen LogP contribution in [0.3, 0.4) is 0 Å². The van der Waals surface area contributed by atoms with Crippen LogP contribution in [0.25, 0.3) is 0 Å². The molecule has 0 bridgehead atoms. The maximum absolute atomic E-state index is 6.09. The molecule has 0 aliphatic rings. The van der Waals surface area contributed by atoms with Crippen LogP contribution in [0.4, 0.5) is 0 Å². The normalized spacial score (nSPS) is 12.1. The molecule has 2 aromatic heterocycles. The number of nitrogens with zero attached hydrogens (tertiary/aromatic N) is 3. The highest BCUT2D eigenvalue weighted by Gasteiger charge is 2.23. The zero-order chi connectivity index (χ0) is 13.3. The maximum Gasteiger partial charge on any atom is 0.225 e. The van der Waals surface area contributed by atoms with Gasteiger partial charge in [0.2, 0.25) is 5.28 Å². The van der Waals surface area contributed by atoms with Gasteiger partial charge in [0.1, 0.15) is 5.82 Å². The monoisotopic (exact) mass is 303 g/mol. The minimum atomic E-state index is -0.0623. The Morgan fingerprint density at radius 1 is 1.22 bits per heavy atom. The van der Waals surface area contributed by atoms with Crippen molar-refractivity contribution in [1.82, 2.24) is 14.8 Å². The minimum absolute atomic E-state index is 0.0623. The molecule has 18 heavy (non-hydrogen) atoms. The zero-order valence-electron chi connectivity index (χ0n) is 10.6. The van der Waals surface area contributed by atoms with Crippen molar-refractivity contribution in [2.45, 2.75) is 39.2 Å². The first kappa shape index (κ1) is 13.8. The third kappa shape index (κ3) is 3.05. The van der Waals surface area contributed by atoms with Crippen molar-refractivity contribution in [1.29, 1.82) is 0 Å². The van der Waals surface area contributed by atoms with Crippen LogP contribution in [-0.2, 0) is 18.4 Å². The highest BCUT2D eigenvalue weighted by atomic mass is 35.5. The summed E-state index contributed by atoms with van der Waals surface area (Å²) >= 11 is 13.6. The van der Waals surface area contributed by atoms with Crippen LogP contribution in [0.5, 0.6) is 0 Å². The third-order valence-corrected chi connectivity index (χ3v) is 4.16. The van der Waals surface area contributed by atoms with Crippen molar-refractivity contribution < 1.29 is 0 Å². The van der Waals surface area contributed by atoms with Crippen LogP contribution in [0.2, 0.25) is 9.62 Å². The third-order valence-electron chi connectivity index (χ3n) is 2.59. The Hall–Kier alpha value is -0.580. The Morgan fingerprint density at radius 3 is 2.50 bits per heavy atom. The fourth-order valence-corrected chi connectivity index (χ4v) is 3.02. The van der Waals surface area contributed by atoms with Gasteiger partial charge < -0.3 is 4.57 Å². The summed E-state index contributed by atoms with van der Waals surface area (Å²) in [5.74, 6) is 0.912. The van der Waals surface area contributed by atoms with E-state index < -0.39 is 0 Å². The van der Waals surface area contributed by atoms with Gasteiger partial charge in [0.25, 0.3) is 0 Å². The molecule has 2 aromatic rings. The Labute approximate surface area is 121 Å². The van der Waals surface area contributed by atoms with Crippen LogP contribution in [0.1, 0.15) is 31.5 Å². The lowest BCUT2D eigenvalue weighted by Crippen LogP contribution is -2.19. The molecule has 0 aliphatic carbocycles. The van der Waals surface area contributed by atoms with Crippen molar-refractivity contribution in [3.63, 3.8) is 0 Å². The molecule has 0 aliphatic heterocycles. The van der Waals surface area contributed by atoms with Gasteiger partial charge in [-0.2, -0.15) is 0 Å². The fraction of sp³-hybridized carbons (Fsp3) is 0.500. The molecule has 0 radical (unpaired) electrons. The number of thiophene rings is 1. The quantitative estimate of drug-likeness (QED) is 0.851. The SMILES string of the molecule is CC(C)(C)c1nnc(Cl)n1CCc1ccc(Cl)s1. The van der Waals surface area contributed by atoms with Gasteiger partial charge in [-0.1, -0.05) is 32.4 Å². The lowest BCUT2D eigenvalue weighted by Gasteiger charge is -2.18. The van der Waals surface area contributed by atoms with Crippen LogP contribution in [0.15, 0.2) is 12.1 Å². The van der Waals surface area contributed by atoms with Gasteiger partial charge in [-0.15, -0.1) is 21.5 Å². The van der Waals surface area contributed by atoms with E-state index in [1.54, 1.807) is 11.3 Å². The van der Waals surface area contributed by atoms with Gasteiger partial charge >= 0.3 is 0 Å². The molecule has 0 saturated heterocycles. The molecule has 0 fully saturated rings. The summed E-state index contributed by atoms with van der Waals surface area (Å²) in [7, 11) is 0. The van der Waals surface area contributed by atoms with Crippen LogP contribution in [-0.4, -0.2) is 14.8 Å².